The molecule has 1 aromatic rings. The lowest BCUT2D eigenvalue weighted by Crippen LogP contribution is -2.38. The third-order valence-corrected chi connectivity index (χ3v) is 3.96. The summed E-state index contributed by atoms with van der Waals surface area (Å²) in [5, 5.41) is 14.8. The first kappa shape index (κ1) is 21.9. The summed E-state index contributed by atoms with van der Waals surface area (Å²) in [5.41, 5.74) is 2.62. The molecule has 26 heavy (non-hydrogen) atoms. The molecular formula is C19H29NO6. The van der Waals surface area contributed by atoms with Crippen molar-refractivity contribution in [2.24, 2.45) is 0 Å². The maximum Gasteiger partial charge on any atom is 0.414 e. The first-order valence-corrected chi connectivity index (χ1v) is 8.62. The fourth-order valence-electron chi connectivity index (χ4n) is 2.54. The van der Waals surface area contributed by atoms with E-state index in [-0.39, 0.29) is 5.41 Å². The van der Waals surface area contributed by atoms with Gasteiger partial charge < -0.3 is 19.7 Å². The maximum atomic E-state index is 9.10. The molecule has 0 aromatic heterocycles. The zero-order valence-corrected chi connectivity index (χ0v) is 15.9. The largest absolute Gasteiger partial charge is 0.492 e. The molecule has 0 saturated carbocycles. The average Bonchev–Trinajstić information content (AvgIpc) is 2.56. The summed E-state index contributed by atoms with van der Waals surface area (Å²) >= 11 is 0. The molecule has 0 amide bonds. The highest BCUT2D eigenvalue weighted by molar-refractivity contribution is 6.27. The zero-order valence-electron chi connectivity index (χ0n) is 15.9. The molecule has 0 aliphatic carbocycles. The molecule has 0 spiro atoms. The van der Waals surface area contributed by atoms with E-state index >= 15 is 0 Å². The van der Waals surface area contributed by atoms with Gasteiger partial charge in [0.15, 0.2) is 0 Å². The van der Waals surface area contributed by atoms with Crippen molar-refractivity contribution in [1.82, 2.24) is 4.90 Å². The van der Waals surface area contributed by atoms with Crippen molar-refractivity contribution in [3.63, 3.8) is 0 Å². The number of hydrogen-bond acceptors (Lipinski definition) is 5. The predicted octanol–water partition coefficient (Wildman–Crippen LogP) is 2.16. The minimum absolute atomic E-state index is 0.111. The van der Waals surface area contributed by atoms with Gasteiger partial charge >= 0.3 is 11.9 Å². The molecule has 1 fully saturated rings. The number of para-hydroxylation sites is 1. The van der Waals surface area contributed by atoms with Crippen LogP contribution in [-0.4, -0.2) is 66.5 Å². The second-order valence-electron chi connectivity index (χ2n) is 7.11. The lowest BCUT2D eigenvalue weighted by Gasteiger charge is -2.28. The Bertz CT molecular complexity index is 591. The van der Waals surface area contributed by atoms with Gasteiger partial charge in [-0.25, -0.2) is 9.59 Å². The monoisotopic (exact) mass is 367 g/mol. The maximum absolute atomic E-state index is 9.10. The van der Waals surface area contributed by atoms with Crippen LogP contribution in [0.3, 0.4) is 0 Å². The van der Waals surface area contributed by atoms with Crippen LogP contribution < -0.4 is 4.74 Å². The van der Waals surface area contributed by atoms with Crippen LogP contribution in [0.25, 0.3) is 0 Å². The molecule has 0 radical (unpaired) electrons. The van der Waals surface area contributed by atoms with Crippen LogP contribution in [-0.2, 0) is 19.7 Å². The molecule has 0 unspecified atom stereocenters. The molecule has 7 heteroatoms. The summed E-state index contributed by atoms with van der Waals surface area (Å²) in [7, 11) is 0. The Morgan fingerprint density at radius 1 is 1.15 bits per heavy atom. The molecule has 1 aromatic carbocycles. The Hall–Kier alpha value is -2.12. The summed E-state index contributed by atoms with van der Waals surface area (Å²) in [5.74, 6) is -2.58. The minimum atomic E-state index is -1.82. The lowest BCUT2D eigenvalue weighted by atomic mass is 9.85. The number of benzene rings is 1. The number of rotatable bonds is 4. The van der Waals surface area contributed by atoms with Crippen molar-refractivity contribution < 1.29 is 29.3 Å². The molecule has 0 atom stereocenters. The van der Waals surface area contributed by atoms with Crippen LogP contribution in [0.4, 0.5) is 0 Å². The smallest absolute Gasteiger partial charge is 0.414 e. The molecule has 2 rings (SSSR count). The third kappa shape index (κ3) is 7.41. The molecular weight excluding hydrogens is 338 g/mol. The van der Waals surface area contributed by atoms with E-state index in [2.05, 4.69) is 50.8 Å². The second kappa shape index (κ2) is 10.1. The zero-order chi connectivity index (χ0) is 19.7. The number of nitrogens with zero attached hydrogens (tertiary/aromatic N) is 1. The number of aliphatic carboxylic acids is 2. The quantitative estimate of drug-likeness (QED) is 0.787. The van der Waals surface area contributed by atoms with Crippen molar-refractivity contribution in [2.45, 2.75) is 33.1 Å². The van der Waals surface area contributed by atoms with E-state index in [1.165, 1.54) is 11.1 Å². The normalized spacial score (nSPS) is 14.9. The van der Waals surface area contributed by atoms with Gasteiger partial charge in [-0.05, 0) is 23.5 Å². The Balaban J connectivity index is 0.000000487. The fraction of sp³-hybridized carbons (Fsp3) is 0.579. The first-order valence-electron chi connectivity index (χ1n) is 8.62. The molecule has 1 saturated heterocycles. The van der Waals surface area contributed by atoms with Gasteiger partial charge in [0.05, 0.1) is 13.2 Å². The summed E-state index contributed by atoms with van der Waals surface area (Å²) < 4.78 is 11.5. The molecule has 1 aliphatic heterocycles. The van der Waals surface area contributed by atoms with Crippen molar-refractivity contribution in [3.8, 4) is 5.75 Å². The van der Waals surface area contributed by atoms with Gasteiger partial charge in [0, 0.05) is 19.6 Å². The van der Waals surface area contributed by atoms with Crippen molar-refractivity contribution in [1.29, 1.82) is 0 Å². The number of morpholine rings is 1. The van der Waals surface area contributed by atoms with Crippen LogP contribution in [0.1, 0.15) is 31.9 Å². The Kier molecular flexibility index (Phi) is 8.54. The first-order chi connectivity index (χ1) is 12.1. The molecule has 7 nitrogen and oxygen atoms in total. The van der Waals surface area contributed by atoms with Gasteiger partial charge in [-0.3, -0.25) is 4.90 Å². The molecule has 2 N–H and O–H groups in total. The minimum Gasteiger partial charge on any atom is -0.492 e. The Morgan fingerprint density at radius 2 is 1.73 bits per heavy atom. The van der Waals surface area contributed by atoms with Gasteiger partial charge in [-0.2, -0.15) is 0 Å². The van der Waals surface area contributed by atoms with Gasteiger partial charge in [0.1, 0.15) is 12.4 Å². The van der Waals surface area contributed by atoms with E-state index < -0.39 is 11.9 Å². The van der Waals surface area contributed by atoms with Gasteiger partial charge in [-0.15, -0.1) is 0 Å². The summed E-state index contributed by atoms with van der Waals surface area (Å²) in [4.78, 5) is 20.6. The number of carbonyl (C=O) groups is 2. The van der Waals surface area contributed by atoms with Gasteiger partial charge in [-0.1, -0.05) is 39.0 Å². The van der Waals surface area contributed by atoms with Crippen molar-refractivity contribution in [2.75, 3.05) is 39.5 Å². The fourth-order valence-corrected chi connectivity index (χ4v) is 2.54. The molecule has 146 valence electrons. The highest BCUT2D eigenvalue weighted by Crippen LogP contribution is 2.33. The van der Waals surface area contributed by atoms with E-state index in [0.717, 1.165) is 45.2 Å². The number of ether oxygens (including phenoxy) is 2. The number of carboxylic acids is 2. The van der Waals surface area contributed by atoms with Crippen molar-refractivity contribution >= 4 is 11.9 Å². The lowest BCUT2D eigenvalue weighted by molar-refractivity contribution is -0.159. The van der Waals surface area contributed by atoms with E-state index in [0.29, 0.717) is 0 Å². The summed E-state index contributed by atoms with van der Waals surface area (Å²) in [6, 6.07) is 6.42. The Morgan fingerprint density at radius 3 is 2.23 bits per heavy atom. The SMILES string of the molecule is Cc1cccc(C(C)(C)C)c1OCCN1CCOCC1.O=C(O)C(=O)O. The van der Waals surface area contributed by atoms with Crippen molar-refractivity contribution in [3.05, 3.63) is 29.3 Å². The van der Waals surface area contributed by atoms with Crippen LogP contribution in [0.2, 0.25) is 0 Å². The van der Waals surface area contributed by atoms with E-state index in [9.17, 15) is 0 Å². The van der Waals surface area contributed by atoms with Crippen LogP contribution in [0.5, 0.6) is 5.75 Å². The third-order valence-electron chi connectivity index (χ3n) is 3.96. The second-order valence-corrected chi connectivity index (χ2v) is 7.11. The standard InChI is InChI=1S/C17H27NO2.C2H2O4/c1-14-6-5-7-15(17(2,3)4)16(14)20-13-10-18-8-11-19-12-9-18;3-1(4)2(5)6/h5-7H,8-13H2,1-4H3;(H,3,4)(H,5,6). The van der Waals surface area contributed by atoms with Gasteiger partial charge in [0.2, 0.25) is 0 Å². The summed E-state index contributed by atoms with van der Waals surface area (Å²) in [6.07, 6.45) is 0. The summed E-state index contributed by atoms with van der Waals surface area (Å²) in [6.45, 7) is 14.3. The van der Waals surface area contributed by atoms with Crippen LogP contribution >= 0.6 is 0 Å². The predicted molar refractivity (Wildman–Crippen MR) is 97.9 cm³/mol. The number of aryl methyl sites for hydroxylation is 1. The number of carboxylic acid groups (broad SMARTS) is 2. The molecule has 1 aliphatic rings. The highest BCUT2D eigenvalue weighted by atomic mass is 16.5. The average molecular weight is 367 g/mol. The van der Waals surface area contributed by atoms with Crippen LogP contribution in [0.15, 0.2) is 18.2 Å². The molecule has 0 bridgehead atoms. The Labute approximate surface area is 154 Å². The van der Waals surface area contributed by atoms with Crippen LogP contribution in [0, 0.1) is 6.92 Å². The van der Waals surface area contributed by atoms with E-state index in [4.69, 9.17) is 29.3 Å². The number of hydrogen-bond donors (Lipinski definition) is 2. The molecule has 1 heterocycles. The van der Waals surface area contributed by atoms with E-state index in [1.54, 1.807) is 0 Å². The highest BCUT2D eigenvalue weighted by Gasteiger charge is 2.20. The topological polar surface area (TPSA) is 96.3 Å². The van der Waals surface area contributed by atoms with E-state index in [1.807, 2.05) is 0 Å². The van der Waals surface area contributed by atoms with Gasteiger partial charge in [0.25, 0.3) is 0 Å².